The Balaban J connectivity index is 1.19. The smallest absolute Gasteiger partial charge is 0.310 e. The van der Waals surface area contributed by atoms with Gasteiger partial charge >= 0.3 is 5.97 Å². The molecular formula is C24H39NO2. The first-order chi connectivity index (χ1) is 12.9. The van der Waals surface area contributed by atoms with Crippen molar-refractivity contribution in [3.8, 4) is 0 Å². The molecule has 5 rings (SSSR count). The summed E-state index contributed by atoms with van der Waals surface area (Å²) in [6.45, 7) is 8.86. The number of rotatable bonds is 4. The molecule has 0 aromatic heterocycles. The van der Waals surface area contributed by atoms with Crippen LogP contribution < -0.4 is 0 Å². The van der Waals surface area contributed by atoms with Crippen LogP contribution in [0.5, 0.6) is 0 Å². The van der Waals surface area contributed by atoms with Crippen molar-refractivity contribution in [2.75, 3.05) is 13.1 Å². The van der Waals surface area contributed by atoms with Crippen LogP contribution in [0.2, 0.25) is 0 Å². The zero-order valence-corrected chi connectivity index (χ0v) is 17.7. The highest BCUT2D eigenvalue weighted by molar-refractivity contribution is 5.72. The Labute approximate surface area is 165 Å². The summed E-state index contributed by atoms with van der Waals surface area (Å²) >= 11 is 0. The maximum atomic E-state index is 13.0. The number of piperidine rings is 1. The van der Waals surface area contributed by atoms with Gasteiger partial charge in [0.05, 0.1) is 5.92 Å². The Morgan fingerprint density at radius 3 is 2.59 bits per heavy atom. The molecule has 27 heavy (non-hydrogen) atoms. The highest BCUT2D eigenvalue weighted by Gasteiger charge is 2.66. The van der Waals surface area contributed by atoms with Crippen LogP contribution in [-0.2, 0) is 9.53 Å². The molecule has 0 radical (unpaired) electrons. The fourth-order valence-corrected chi connectivity index (χ4v) is 8.48. The van der Waals surface area contributed by atoms with E-state index in [1.807, 2.05) is 0 Å². The number of carbonyl (C=O) groups is 1. The van der Waals surface area contributed by atoms with Crippen molar-refractivity contribution in [2.45, 2.75) is 96.6 Å². The van der Waals surface area contributed by atoms with Crippen LogP contribution in [0.25, 0.3) is 0 Å². The lowest BCUT2D eigenvalue weighted by Gasteiger charge is -2.70. The number of hydrogen-bond acceptors (Lipinski definition) is 3. The minimum Gasteiger partial charge on any atom is -0.459 e. The van der Waals surface area contributed by atoms with E-state index in [0.717, 1.165) is 49.1 Å². The molecule has 1 saturated heterocycles. The molecule has 8 atom stereocenters. The second-order valence-corrected chi connectivity index (χ2v) is 11.5. The van der Waals surface area contributed by atoms with Gasteiger partial charge in [0.15, 0.2) is 0 Å². The molecular weight excluding hydrogens is 334 g/mol. The van der Waals surface area contributed by atoms with Crippen LogP contribution in [0.4, 0.5) is 0 Å². The lowest BCUT2D eigenvalue weighted by atomic mass is 9.35. The fraction of sp³-hybridized carbons (Fsp3) is 0.958. The minimum absolute atomic E-state index is 0.00330. The first kappa shape index (κ1) is 18.5. The molecule has 4 saturated carbocycles. The molecule has 152 valence electrons. The molecule has 5 fully saturated rings. The molecule has 0 spiro atoms. The van der Waals surface area contributed by atoms with E-state index in [0.29, 0.717) is 5.41 Å². The molecule has 0 aromatic rings. The van der Waals surface area contributed by atoms with Gasteiger partial charge in [0.2, 0.25) is 0 Å². The van der Waals surface area contributed by atoms with Crippen molar-refractivity contribution >= 4 is 5.97 Å². The lowest BCUT2D eigenvalue weighted by molar-refractivity contribution is -0.244. The zero-order chi connectivity index (χ0) is 18.8. The van der Waals surface area contributed by atoms with Crippen LogP contribution in [0.1, 0.15) is 85.0 Å². The van der Waals surface area contributed by atoms with Gasteiger partial charge in [-0.1, -0.05) is 26.7 Å². The van der Waals surface area contributed by atoms with Gasteiger partial charge in [0, 0.05) is 12.6 Å². The normalized spacial score (nSPS) is 49.8. The highest BCUT2D eigenvalue weighted by Crippen LogP contribution is 2.72. The predicted molar refractivity (Wildman–Crippen MR) is 107 cm³/mol. The lowest BCUT2D eigenvalue weighted by Crippen LogP contribution is -2.65. The number of hydrogen-bond donors (Lipinski definition) is 0. The maximum absolute atomic E-state index is 13.0. The van der Waals surface area contributed by atoms with Crippen molar-refractivity contribution in [2.24, 2.45) is 35.0 Å². The van der Waals surface area contributed by atoms with Gasteiger partial charge in [0.25, 0.3) is 0 Å². The van der Waals surface area contributed by atoms with E-state index < -0.39 is 0 Å². The van der Waals surface area contributed by atoms with Gasteiger partial charge in [-0.25, -0.2) is 0 Å². The molecule has 0 N–H and O–H groups in total. The van der Waals surface area contributed by atoms with Crippen LogP contribution in [-0.4, -0.2) is 35.6 Å². The summed E-state index contributed by atoms with van der Waals surface area (Å²) in [5.41, 5.74) is 0.230. The Morgan fingerprint density at radius 1 is 1.07 bits per heavy atom. The SMILES string of the molecule is CC(CN1CCCC2CCCCC21)C(=O)OC1(C)CC2CC3CC(C)(C1)C23. The second kappa shape index (κ2) is 6.47. The van der Waals surface area contributed by atoms with Crippen LogP contribution in [0.3, 0.4) is 0 Å². The van der Waals surface area contributed by atoms with Gasteiger partial charge in [-0.05, 0) is 93.9 Å². The quantitative estimate of drug-likeness (QED) is 0.647. The van der Waals surface area contributed by atoms with Crippen molar-refractivity contribution < 1.29 is 9.53 Å². The Bertz CT molecular complexity index is 603. The molecule has 5 aliphatic rings. The van der Waals surface area contributed by atoms with Gasteiger partial charge in [-0.15, -0.1) is 0 Å². The van der Waals surface area contributed by atoms with E-state index in [1.165, 1.54) is 57.9 Å². The molecule has 1 heterocycles. The molecule has 0 amide bonds. The Hall–Kier alpha value is -0.570. The maximum Gasteiger partial charge on any atom is 0.310 e. The minimum atomic E-state index is -0.220. The van der Waals surface area contributed by atoms with E-state index in [9.17, 15) is 4.79 Å². The third-order valence-corrected chi connectivity index (χ3v) is 9.24. The van der Waals surface area contributed by atoms with E-state index in [2.05, 4.69) is 25.7 Å². The summed E-state index contributed by atoms with van der Waals surface area (Å²) in [5.74, 6) is 3.71. The largest absolute Gasteiger partial charge is 0.459 e. The molecule has 8 unspecified atom stereocenters. The number of fused-ring (bicyclic) bond motifs is 1. The number of likely N-dealkylation sites (tertiary alicyclic amines) is 1. The average Bonchev–Trinajstić information content (AvgIpc) is 2.58. The summed E-state index contributed by atoms with van der Waals surface area (Å²) in [6.07, 6.45) is 13.2. The Morgan fingerprint density at radius 2 is 1.81 bits per heavy atom. The van der Waals surface area contributed by atoms with Gasteiger partial charge in [0.1, 0.15) is 5.60 Å². The van der Waals surface area contributed by atoms with Crippen LogP contribution in [0, 0.1) is 35.0 Å². The van der Waals surface area contributed by atoms with Crippen molar-refractivity contribution in [1.29, 1.82) is 0 Å². The van der Waals surface area contributed by atoms with Gasteiger partial charge in [-0.3, -0.25) is 9.69 Å². The van der Waals surface area contributed by atoms with Crippen molar-refractivity contribution in [1.82, 2.24) is 4.90 Å². The Kier molecular flexibility index (Phi) is 4.42. The third-order valence-electron chi connectivity index (χ3n) is 9.24. The van der Waals surface area contributed by atoms with Crippen molar-refractivity contribution in [3.63, 3.8) is 0 Å². The molecule has 3 nitrogen and oxygen atoms in total. The van der Waals surface area contributed by atoms with Crippen LogP contribution in [0.15, 0.2) is 0 Å². The number of carbonyl (C=O) groups excluding carboxylic acids is 1. The van der Waals surface area contributed by atoms with E-state index in [-0.39, 0.29) is 17.5 Å². The van der Waals surface area contributed by atoms with Gasteiger partial charge < -0.3 is 4.74 Å². The summed E-state index contributed by atoms with van der Waals surface area (Å²) < 4.78 is 6.27. The predicted octanol–water partition coefficient (Wildman–Crippen LogP) is 5.04. The second-order valence-electron chi connectivity index (χ2n) is 11.5. The monoisotopic (exact) mass is 373 g/mol. The summed E-state index contributed by atoms with van der Waals surface area (Å²) in [6, 6.07) is 0.731. The highest BCUT2D eigenvalue weighted by atomic mass is 16.6. The molecule has 3 heteroatoms. The topological polar surface area (TPSA) is 29.5 Å². The average molecular weight is 374 g/mol. The summed E-state index contributed by atoms with van der Waals surface area (Å²) in [5, 5.41) is 0. The standard InChI is InChI=1S/C24H39NO2/c1-16(14-25-10-6-8-17-7-4-5-9-20(17)25)22(26)27-24(3)13-19-11-18-12-23(2,15-24)21(18)19/h16-21H,4-15H2,1-3H3. The molecule has 0 aromatic carbocycles. The summed E-state index contributed by atoms with van der Waals surface area (Å²) in [4.78, 5) is 15.7. The fourth-order valence-electron chi connectivity index (χ4n) is 8.48. The van der Waals surface area contributed by atoms with E-state index in [1.54, 1.807) is 0 Å². The number of ether oxygens (including phenoxy) is 1. The first-order valence-corrected chi connectivity index (χ1v) is 11.8. The van der Waals surface area contributed by atoms with E-state index >= 15 is 0 Å². The molecule has 4 aliphatic carbocycles. The summed E-state index contributed by atoms with van der Waals surface area (Å²) in [7, 11) is 0. The van der Waals surface area contributed by atoms with Crippen molar-refractivity contribution in [3.05, 3.63) is 0 Å². The first-order valence-electron chi connectivity index (χ1n) is 11.8. The molecule has 0 bridgehead atoms. The molecule has 1 aliphatic heterocycles. The van der Waals surface area contributed by atoms with Gasteiger partial charge in [-0.2, -0.15) is 0 Å². The number of nitrogens with zero attached hydrogens (tertiary/aromatic N) is 1. The third kappa shape index (κ3) is 3.07. The van der Waals surface area contributed by atoms with Crippen LogP contribution >= 0.6 is 0 Å². The zero-order valence-electron chi connectivity index (χ0n) is 17.7. The number of esters is 1. The van der Waals surface area contributed by atoms with E-state index in [4.69, 9.17) is 4.74 Å².